The van der Waals surface area contributed by atoms with Gasteiger partial charge in [0.05, 0.1) is 11.5 Å². The molecule has 0 amide bonds. The minimum atomic E-state index is -4.58. The molecule has 0 aliphatic heterocycles. The highest BCUT2D eigenvalue weighted by Gasteiger charge is 2.33. The van der Waals surface area contributed by atoms with E-state index < -0.39 is 16.8 Å². The minimum absolute atomic E-state index is 0.122. The zero-order valence-electron chi connectivity index (χ0n) is 12.4. The summed E-state index contributed by atoms with van der Waals surface area (Å²) in [5.74, 6) is 0. The van der Waals surface area contributed by atoms with E-state index in [9.17, 15) is 23.3 Å². The number of halogens is 3. The van der Waals surface area contributed by atoms with Crippen molar-refractivity contribution in [1.29, 1.82) is 0 Å². The molecular weight excluding hydrogens is 321 g/mol. The van der Waals surface area contributed by atoms with Gasteiger partial charge in [0.2, 0.25) is 0 Å². The minimum Gasteiger partial charge on any atom is -0.276 e. The first-order valence-corrected chi connectivity index (χ1v) is 6.94. The molecule has 0 aromatic heterocycles. The highest BCUT2D eigenvalue weighted by Crippen LogP contribution is 2.20. The molecule has 0 radical (unpaired) electrons. The number of rotatable bonds is 5. The lowest BCUT2D eigenvalue weighted by molar-refractivity contribution is -0.384. The average Bonchev–Trinajstić information content (AvgIpc) is 2.55. The van der Waals surface area contributed by atoms with Gasteiger partial charge in [-0.1, -0.05) is 48.5 Å². The Morgan fingerprint density at radius 2 is 1.71 bits per heavy atom. The second-order valence-corrected chi connectivity index (χ2v) is 4.87. The number of non-ortho nitro benzene ring substituents is 1. The van der Waals surface area contributed by atoms with Crippen LogP contribution in [0.2, 0.25) is 0 Å². The predicted molar refractivity (Wildman–Crippen MR) is 85.8 cm³/mol. The summed E-state index contributed by atoms with van der Waals surface area (Å²) < 4.78 is 39.1. The molecule has 0 heterocycles. The van der Waals surface area contributed by atoms with Crippen LogP contribution in [0.1, 0.15) is 11.1 Å². The summed E-state index contributed by atoms with van der Waals surface area (Å²) in [5.41, 5.74) is -0.0484. The Balaban J connectivity index is 2.17. The Kier molecular flexibility index (Phi) is 5.47. The first-order chi connectivity index (χ1) is 11.4. The van der Waals surface area contributed by atoms with Gasteiger partial charge in [-0.05, 0) is 17.2 Å². The second kappa shape index (κ2) is 7.54. The van der Waals surface area contributed by atoms with Gasteiger partial charge in [0.1, 0.15) is 5.71 Å². The third-order valence-corrected chi connectivity index (χ3v) is 3.10. The molecule has 4 nitrogen and oxygen atoms in total. The van der Waals surface area contributed by atoms with Gasteiger partial charge in [0.25, 0.3) is 5.69 Å². The maximum Gasteiger partial charge on any atom is 0.432 e. The molecule has 24 heavy (non-hydrogen) atoms. The Hall–Kier alpha value is -2.96. The Morgan fingerprint density at radius 1 is 1.08 bits per heavy atom. The zero-order valence-corrected chi connectivity index (χ0v) is 12.4. The summed E-state index contributed by atoms with van der Waals surface area (Å²) in [6.07, 6.45) is -2.32. The van der Waals surface area contributed by atoms with Crippen molar-refractivity contribution >= 4 is 17.5 Å². The SMILES string of the molecule is O=[N+]([O-])c1ccc(C/N=C(\C=C\c2ccccc2)C(F)(F)F)cc1. The van der Waals surface area contributed by atoms with Crippen molar-refractivity contribution in [2.24, 2.45) is 4.99 Å². The molecule has 0 saturated carbocycles. The van der Waals surface area contributed by atoms with Crippen molar-refractivity contribution in [3.63, 3.8) is 0 Å². The van der Waals surface area contributed by atoms with Crippen molar-refractivity contribution in [3.05, 3.63) is 81.9 Å². The lowest BCUT2D eigenvalue weighted by Crippen LogP contribution is -2.20. The van der Waals surface area contributed by atoms with E-state index in [0.29, 0.717) is 11.1 Å². The molecule has 0 atom stereocenters. The molecule has 2 aromatic carbocycles. The summed E-state index contributed by atoms with van der Waals surface area (Å²) in [6, 6.07) is 13.8. The molecule has 0 unspecified atom stereocenters. The summed E-state index contributed by atoms with van der Waals surface area (Å²) in [5, 5.41) is 10.5. The molecule has 0 aliphatic rings. The first kappa shape index (κ1) is 17.4. The van der Waals surface area contributed by atoms with Crippen LogP contribution in [0.4, 0.5) is 18.9 Å². The van der Waals surface area contributed by atoms with E-state index in [2.05, 4.69) is 4.99 Å². The van der Waals surface area contributed by atoms with Crippen LogP contribution < -0.4 is 0 Å². The van der Waals surface area contributed by atoms with E-state index in [-0.39, 0.29) is 12.2 Å². The monoisotopic (exact) mass is 334 g/mol. The largest absolute Gasteiger partial charge is 0.432 e. The predicted octanol–water partition coefficient (Wildman–Crippen LogP) is 4.81. The van der Waals surface area contributed by atoms with Crippen molar-refractivity contribution in [3.8, 4) is 0 Å². The Labute approximate surface area is 136 Å². The quantitative estimate of drug-likeness (QED) is 0.447. The number of aliphatic imine (C=N–C) groups is 1. The van der Waals surface area contributed by atoms with Crippen molar-refractivity contribution in [1.82, 2.24) is 0 Å². The fourth-order valence-corrected chi connectivity index (χ4v) is 1.88. The molecule has 0 spiro atoms. The number of hydrogen-bond donors (Lipinski definition) is 0. The standard InChI is InChI=1S/C17H13F3N2O2/c18-17(19,20)16(11-8-13-4-2-1-3-5-13)21-12-14-6-9-15(10-7-14)22(23)24/h1-11H,12H2/b11-8+,21-16+. The molecule has 0 bridgehead atoms. The number of nitro benzene ring substituents is 1. The van der Waals surface area contributed by atoms with Crippen LogP contribution in [-0.4, -0.2) is 16.8 Å². The normalized spacial score (nSPS) is 12.5. The topological polar surface area (TPSA) is 55.5 Å². The maximum atomic E-state index is 13.0. The van der Waals surface area contributed by atoms with Gasteiger partial charge >= 0.3 is 6.18 Å². The number of nitro groups is 1. The van der Waals surface area contributed by atoms with Crippen molar-refractivity contribution < 1.29 is 18.1 Å². The van der Waals surface area contributed by atoms with Crippen LogP contribution in [0.3, 0.4) is 0 Å². The van der Waals surface area contributed by atoms with Crippen LogP contribution in [0, 0.1) is 10.1 Å². The van der Waals surface area contributed by atoms with Crippen LogP contribution in [0.25, 0.3) is 6.08 Å². The average molecular weight is 334 g/mol. The van der Waals surface area contributed by atoms with Gasteiger partial charge in [0.15, 0.2) is 0 Å². The number of allylic oxidation sites excluding steroid dienone is 1. The molecule has 124 valence electrons. The van der Waals surface area contributed by atoms with Crippen LogP contribution >= 0.6 is 0 Å². The summed E-state index contributed by atoms with van der Waals surface area (Å²) >= 11 is 0. The molecule has 2 aromatic rings. The van der Waals surface area contributed by atoms with Gasteiger partial charge in [-0.15, -0.1) is 0 Å². The van der Waals surface area contributed by atoms with Crippen LogP contribution in [0.5, 0.6) is 0 Å². The first-order valence-electron chi connectivity index (χ1n) is 6.94. The van der Waals surface area contributed by atoms with E-state index in [0.717, 1.165) is 6.08 Å². The number of benzene rings is 2. The summed E-state index contributed by atoms with van der Waals surface area (Å²) in [6.45, 7) is -0.216. The molecule has 0 fully saturated rings. The fourth-order valence-electron chi connectivity index (χ4n) is 1.88. The second-order valence-electron chi connectivity index (χ2n) is 4.87. The van der Waals surface area contributed by atoms with Gasteiger partial charge in [-0.25, -0.2) is 0 Å². The summed E-state index contributed by atoms with van der Waals surface area (Å²) in [4.78, 5) is 13.6. The molecule has 2 rings (SSSR count). The van der Waals surface area contributed by atoms with Crippen molar-refractivity contribution in [2.45, 2.75) is 12.7 Å². The third-order valence-electron chi connectivity index (χ3n) is 3.10. The third kappa shape index (κ3) is 5.05. The van der Waals surface area contributed by atoms with Crippen molar-refractivity contribution in [2.75, 3.05) is 0 Å². The Morgan fingerprint density at radius 3 is 2.25 bits per heavy atom. The van der Waals surface area contributed by atoms with Gasteiger partial charge in [0, 0.05) is 12.1 Å². The fraction of sp³-hybridized carbons (Fsp3) is 0.118. The van der Waals surface area contributed by atoms with Crippen LogP contribution in [-0.2, 0) is 6.54 Å². The highest BCUT2D eigenvalue weighted by molar-refractivity contribution is 6.02. The maximum absolute atomic E-state index is 13.0. The van der Waals surface area contributed by atoms with E-state index in [1.54, 1.807) is 30.3 Å². The lowest BCUT2D eigenvalue weighted by Gasteiger charge is -2.07. The van der Waals surface area contributed by atoms with Gasteiger partial charge in [-0.2, -0.15) is 13.2 Å². The van der Waals surface area contributed by atoms with Crippen LogP contribution in [0.15, 0.2) is 65.7 Å². The zero-order chi connectivity index (χ0) is 17.6. The summed E-state index contributed by atoms with van der Waals surface area (Å²) in [7, 11) is 0. The lowest BCUT2D eigenvalue weighted by atomic mass is 10.2. The molecule has 7 heteroatoms. The van der Waals surface area contributed by atoms with E-state index in [1.807, 2.05) is 0 Å². The van der Waals surface area contributed by atoms with E-state index >= 15 is 0 Å². The van der Waals surface area contributed by atoms with E-state index in [1.165, 1.54) is 30.3 Å². The number of hydrogen-bond acceptors (Lipinski definition) is 3. The number of nitrogens with zero attached hydrogens (tertiary/aromatic N) is 2. The van der Waals surface area contributed by atoms with Gasteiger partial charge < -0.3 is 0 Å². The number of alkyl halides is 3. The smallest absolute Gasteiger partial charge is 0.276 e. The Bertz CT molecular complexity index is 752. The highest BCUT2D eigenvalue weighted by atomic mass is 19.4. The molecular formula is C17H13F3N2O2. The molecule has 0 aliphatic carbocycles. The van der Waals surface area contributed by atoms with Gasteiger partial charge in [-0.3, -0.25) is 15.1 Å². The molecule has 0 N–H and O–H groups in total. The van der Waals surface area contributed by atoms with E-state index in [4.69, 9.17) is 0 Å². The molecule has 0 saturated heterocycles.